The number of aromatic nitrogens is 2. The van der Waals surface area contributed by atoms with Gasteiger partial charge >= 0.3 is 0 Å². The van der Waals surface area contributed by atoms with Gasteiger partial charge in [0.05, 0.1) is 12.8 Å². The van der Waals surface area contributed by atoms with E-state index in [2.05, 4.69) is 23.1 Å². The molecule has 0 saturated heterocycles. The molecule has 0 unspecified atom stereocenters. The van der Waals surface area contributed by atoms with Gasteiger partial charge in [-0.05, 0) is 6.92 Å². The topological polar surface area (TPSA) is 56.3 Å². The highest BCUT2D eigenvalue weighted by atomic mass is 16.5. The average Bonchev–Trinajstić information content (AvgIpc) is 2.74. The van der Waals surface area contributed by atoms with Gasteiger partial charge in [-0.2, -0.15) is 5.10 Å². The molecule has 1 aromatic rings. The molecule has 1 heterocycles. The average molecular weight is 226 g/mol. The Hall–Kier alpha value is -0.910. The maximum absolute atomic E-state index is 5.58. The van der Waals surface area contributed by atoms with Crippen molar-refractivity contribution in [1.29, 1.82) is 0 Å². The predicted molar refractivity (Wildman–Crippen MR) is 64.1 cm³/mol. The number of methoxy groups -OCH3 is 1. The Morgan fingerprint density at radius 1 is 1.50 bits per heavy atom. The molecule has 1 rings (SSSR count). The van der Waals surface area contributed by atoms with Gasteiger partial charge in [0.1, 0.15) is 0 Å². The number of ether oxygens (including phenoxy) is 1. The van der Waals surface area contributed by atoms with Crippen molar-refractivity contribution in [3.8, 4) is 0 Å². The fourth-order valence-electron chi connectivity index (χ4n) is 1.59. The molecule has 0 aliphatic heterocycles. The van der Waals surface area contributed by atoms with Gasteiger partial charge in [0.15, 0.2) is 0 Å². The minimum absolute atomic E-state index is 0.672. The highest BCUT2D eigenvalue weighted by molar-refractivity contribution is 5.03. The van der Waals surface area contributed by atoms with Crippen LogP contribution in [0.25, 0.3) is 0 Å². The second kappa shape index (κ2) is 7.38. The number of hydrogen-bond acceptors (Lipinski definition) is 4. The van der Waals surface area contributed by atoms with Gasteiger partial charge in [0.2, 0.25) is 0 Å². The number of nitrogens with zero attached hydrogens (tertiary/aromatic N) is 3. The smallest absolute Gasteiger partial charge is 0.0589 e. The first kappa shape index (κ1) is 13.2. The Labute approximate surface area is 97.2 Å². The van der Waals surface area contributed by atoms with Crippen LogP contribution in [0.1, 0.15) is 12.5 Å². The van der Waals surface area contributed by atoms with Crippen molar-refractivity contribution < 1.29 is 4.74 Å². The number of aryl methyl sites for hydroxylation is 1. The van der Waals surface area contributed by atoms with Crippen molar-refractivity contribution in [2.24, 2.45) is 5.73 Å². The molecular weight excluding hydrogens is 204 g/mol. The van der Waals surface area contributed by atoms with E-state index in [4.69, 9.17) is 10.5 Å². The van der Waals surface area contributed by atoms with Crippen LogP contribution in [-0.4, -0.2) is 48.0 Å². The molecule has 0 aromatic carbocycles. The minimum Gasteiger partial charge on any atom is -0.383 e. The lowest BCUT2D eigenvalue weighted by atomic mass is 10.3. The summed E-state index contributed by atoms with van der Waals surface area (Å²) in [6, 6.07) is 0. The van der Waals surface area contributed by atoms with Crippen molar-refractivity contribution in [3.63, 3.8) is 0 Å². The largest absolute Gasteiger partial charge is 0.383 e. The molecule has 0 spiro atoms. The van der Waals surface area contributed by atoms with E-state index in [9.17, 15) is 0 Å². The quantitative estimate of drug-likeness (QED) is 0.693. The zero-order valence-corrected chi connectivity index (χ0v) is 10.2. The summed E-state index contributed by atoms with van der Waals surface area (Å²) in [5, 5.41) is 4.26. The maximum Gasteiger partial charge on any atom is 0.0589 e. The van der Waals surface area contributed by atoms with E-state index in [1.54, 1.807) is 7.11 Å². The summed E-state index contributed by atoms with van der Waals surface area (Å²) in [5.74, 6) is 0. The Morgan fingerprint density at radius 3 is 2.88 bits per heavy atom. The van der Waals surface area contributed by atoms with Crippen LogP contribution in [0.5, 0.6) is 0 Å². The summed E-state index contributed by atoms with van der Waals surface area (Å²) in [6.45, 7) is 7.09. The molecule has 0 aliphatic carbocycles. The summed E-state index contributed by atoms with van der Waals surface area (Å²) in [4.78, 5) is 2.28. The van der Waals surface area contributed by atoms with E-state index < -0.39 is 0 Å². The minimum atomic E-state index is 0.672. The van der Waals surface area contributed by atoms with E-state index in [1.165, 1.54) is 5.56 Å². The van der Waals surface area contributed by atoms with E-state index in [-0.39, 0.29) is 0 Å². The summed E-state index contributed by atoms with van der Waals surface area (Å²) < 4.78 is 7.02. The van der Waals surface area contributed by atoms with Crippen molar-refractivity contribution >= 4 is 0 Å². The highest BCUT2D eigenvalue weighted by Crippen LogP contribution is 2.03. The van der Waals surface area contributed by atoms with Crippen LogP contribution < -0.4 is 5.73 Å². The van der Waals surface area contributed by atoms with E-state index >= 15 is 0 Å². The molecule has 0 aliphatic rings. The third kappa shape index (κ3) is 4.30. The van der Waals surface area contributed by atoms with Gasteiger partial charge in [-0.15, -0.1) is 0 Å². The van der Waals surface area contributed by atoms with Crippen LogP contribution in [0.2, 0.25) is 0 Å². The first-order valence-corrected chi connectivity index (χ1v) is 5.72. The third-order valence-electron chi connectivity index (χ3n) is 2.47. The second-order valence-corrected chi connectivity index (χ2v) is 3.76. The molecule has 0 bridgehead atoms. The Bertz CT molecular complexity index is 287. The van der Waals surface area contributed by atoms with Crippen LogP contribution in [0.15, 0.2) is 12.4 Å². The standard InChI is InChI=1S/C11H22N4O/c1-3-15-10-11(8-13-15)9-14(5-4-12)6-7-16-2/h8,10H,3-7,9,12H2,1-2H3. The van der Waals surface area contributed by atoms with Crippen LogP contribution in [0.3, 0.4) is 0 Å². The summed E-state index contributed by atoms with van der Waals surface area (Å²) in [7, 11) is 1.72. The Morgan fingerprint density at radius 2 is 2.31 bits per heavy atom. The van der Waals surface area contributed by atoms with Gasteiger partial charge in [-0.1, -0.05) is 0 Å². The summed E-state index contributed by atoms with van der Waals surface area (Å²) >= 11 is 0. The molecule has 1 aromatic heterocycles. The molecule has 5 nitrogen and oxygen atoms in total. The van der Waals surface area contributed by atoms with E-state index in [0.717, 1.165) is 32.8 Å². The van der Waals surface area contributed by atoms with Crippen molar-refractivity contribution in [2.45, 2.75) is 20.0 Å². The molecule has 0 radical (unpaired) electrons. The van der Waals surface area contributed by atoms with Gasteiger partial charge in [-0.3, -0.25) is 9.58 Å². The van der Waals surface area contributed by atoms with Gasteiger partial charge < -0.3 is 10.5 Å². The molecule has 92 valence electrons. The van der Waals surface area contributed by atoms with Gasteiger partial charge in [0, 0.05) is 51.6 Å². The fourth-order valence-corrected chi connectivity index (χ4v) is 1.59. The van der Waals surface area contributed by atoms with Gasteiger partial charge in [0.25, 0.3) is 0 Å². The van der Waals surface area contributed by atoms with Crippen molar-refractivity contribution in [2.75, 3.05) is 33.4 Å². The lowest BCUT2D eigenvalue weighted by Gasteiger charge is -2.20. The molecule has 0 saturated carbocycles. The zero-order valence-electron chi connectivity index (χ0n) is 10.2. The molecule has 0 amide bonds. The first-order valence-electron chi connectivity index (χ1n) is 5.72. The zero-order chi connectivity index (χ0) is 11.8. The van der Waals surface area contributed by atoms with E-state index in [0.29, 0.717) is 6.54 Å². The molecule has 2 N–H and O–H groups in total. The summed E-state index contributed by atoms with van der Waals surface area (Å²) in [6.07, 6.45) is 4.00. The fraction of sp³-hybridized carbons (Fsp3) is 0.727. The van der Waals surface area contributed by atoms with Crippen LogP contribution in [-0.2, 0) is 17.8 Å². The lowest BCUT2D eigenvalue weighted by molar-refractivity contribution is 0.146. The number of hydrogen-bond donors (Lipinski definition) is 1. The van der Waals surface area contributed by atoms with Crippen LogP contribution in [0, 0.1) is 0 Å². The van der Waals surface area contributed by atoms with Crippen LogP contribution in [0.4, 0.5) is 0 Å². The molecular formula is C11H22N4O. The maximum atomic E-state index is 5.58. The number of nitrogens with two attached hydrogens (primary N) is 1. The SMILES string of the molecule is CCn1cc(CN(CCN)CCOC)cn1. The predicted octanol–water partition coefficient (Wildman–Crippen LogP) is 0.310. The monoisotopic (exact) mass is 226 g/mol. The normalized spacial score (nSPS) is 11.2. The Balaban J connectivity index is 2.46. The number of rotatable bonds is 8. The highest BCUT2D eigenvalue weighted by Gasteiger charge is 2.06. The molecule has 5 heteroatoms. The van der Waals surface area contributed by atoms with Crippen molar-refractivity contribution in [1.82, 2.24) is 14.7 Å². The molecule has 0 atom stereocenters. The second-order valence-electron chi connectivity index (χ2n) is 3.76. The van der Waals surface area contributed by atoms with Crippen LogP contribution >= 0.6 is 0 Å². The van der Waals surface area contributed by atoms with Gasteiger partial charge in [-0.25, -0.2) is 0 Å². The first-order chi connectivity index (χ1) is 7.80. The summed E-state index contributed by atoms with van der Waals surface area (Å²) in [5.41, 5.74) is 6.81. The van der Waals surface area contributed by atoms with E-state index in [1.807, 2.05) is 10.9 Å². The molecule has 0 fully saturated rings. The molecule has 16 heavy (non-hydrogen) atoms. The Kier molecular flexibility index (Phi) is 6.07. The lowest BCUT2D eigenvalue weighted by Crippen LogP contribution is -2.31. The van der Waals surface area contributed by atoms with Crippen molar-refractivity contribution in [3.05, 3.63) is 18.0 Å². The third-order valence-corrected chi connectivity index (χ3v) is 2.47.